The Kier molecular flexibility index (Phi) is 4.47. The molecule has 1 aliphatic carbocycles. The molecule has 1 saturated carbocycles. The fourth-order valence-corrected chi connectivity index (χ4v) is 2.50. The molecule has 100 valence electrons. The van der Waals surface area contributed by atoms with Crippen LogP contribution >= 0.6 is 11.6 Å². The van der Waals surface area contributed by atoms with Crippen LogP contribution in [0.5, 0.6) is 0 Å². The van der Waals surface area contributed by atoms with Gasteiger partial charge in [0.1, 0.15) is 4.75 Å². The van der Waals surface area contributed by atoms with E-state index in [1.165, 1.54) is 13.8 Å². The molecule has 0 spiro atoms. The maximum Gasteiger partial charge on any atom is 0.241 e. The van der Waals surface area contributed by atoms with Crippen LogP contribution in [0.1, 0.15) is 39.5 Å². The van der Waals surface area contributed by atoms with Gasteiger partial charge in [-0.1, -0.05) is 12.8 Å². The van der Waals surface area contributed by atoms with Crippen LogP contribution in [0.2, 0.25) is 0 Å². The summed E-state index contributed by atoms with van der Waals surface area (Å²) in [5, 5.41) is 2.67. The second kappa shape index (κ2) is 5.14. The Balaban J connectivity index is 2.72. The first kappa shape index (κ1) is 14.8. The monoisotopic (exact) mass is 281 g/mol. The summed E-state index contributed by atoms with van der Waals surface area (Å²) in [5.41, 5.74) is 0. The number of carbonyl (C=O) groups is 1. The molecule has 4 nitrogen and oxygen atoms in total. The molecule has 1 aliphatic rings. The quantitative estimate of drug-likeness (QED) is 0.797. The summed E-state index contributed by atoms with van der Waals surface area (Å²) in [6.07, 6.45) is 4.85. The summed E-state index contributed by atoms with van der Waals surface area (Å²) in [4.78, 5) is 12.0. The van der Waals surface area contributed by atoms with E-state index in [2.05, 4.69) is 5.32 Å². The van der Waals surface area contributed by atoms with Crippen molar-refractivity contribution in [3.05, 3.63) is 0 Å². The van der Waals surface area contributed by atoms with E-state index in [4.69, 9.17) is 11.6 Å². The van der Waals surface area contributed by atoms with Gasteiger partial charge in [0.2, 0.25) is 5.91 Å². The summed E-state index contributed by atoms with van der Waals surface area (Å²) in [5.74, 6) is -0.461. The lowest BCUT2D eigenvalue weighted by Crippen LogP contribution is -2.53. The maximum absolute atomic E-state index is 12.0. The van der Waals surface area contributed by atoms with E-state index < -0.39 is 20.5 Å². The Bertz CT molecular complexity index is 392. The molecule has 0 aromatic carbocycles. The van der Waals surface area contributed by atoms with E-state index >= 15 is 0 Å². The van der Waals surface area contributed by atoms with Gasteiger partial charge >= 0.3 is 0 Å². The molecule has 2 unspecified atom stereocenters. The van der Waals surface area contributed by atoms with Crippen LogP contribution in [-0.4, -0.2) is 36.7 Å². The van der Waals surface area contributed by atoms with E-state index in [1.807, 2.05) is 0 Å². The van der Waals surface area contributed by atoms with Gasteiger partial charge in [-0.3, -0.25) is 4.79 Å². The topological polar surface area (TPSA) is 63.2 Å². The van der Waals surface area contributed by atoms with Crippen LogP contribution in [0, 0.1) is 0 Å². The number of nitrogens with one attached hydrogen (secondary N) is 1. The minimum absolute atomic E-state index is 0.0944. The number of halogens is 1. The molecule has 17 heavy (non-hydrogen) atoms. The van der Waals surface area contributed by atoms with Crippen molar-refractivity contribution in [1.29, 1.82) is 0 Å². The van der Waals surface area contributed by atoms with E-state index in [1.54, 1.807) is 0 Å². The molecule has 0 radical (unpaired) electrons. The van der Waals surface area contributed by atoms with Gasteiger partial charge in [0.05, 0.1) is 5.38 Å². The van der Waals surface area contributed by atoms with Crippen molar-refractivity contribution < 1.29 is 13.2 Å². The summed E-state index contributed by atoms with van der Waals surface area (Å²) < 4.78 is 21.6. The lowest BCUT2D eigenvalue weighted by Gasteiger charge is -2.31. The van der Waals surface area contributed by atoms with Crippen molar-refractivity contribution in [3.8, 4) is 0 Å². The van der Waals surface area contributed by atoms with Crippen molar-refractivity contribution in [1.82, 2.24) is 5.32 Å². The normalized spacial score (nSPS) is 26.6. The summed E-state index contributed by atoms with van der Waals surface area (Å²) >= 11 is 6.13. The minimum atomic E-state index is -3.42. The third-order valence-corrected chi connectivity index (χ3v) is 6.03. The van der Waals surface area contributed by atoms with Gasteiger partial charge in [-0.15, -0.1) is 11.6 Å². The first-order chi connectivity index (χ1) is 7.66. The smallest absolute Gasteiger partial charge is 0.241 e. The first-order valence-electron chi connectivity index (χ1n) is 5.81. The second-order valence-electron chi connectivity index (χ2n) is 5.16. The minimum Gasteiger partial charge on any atom is -0.351 e. The first-order valence-corrected chi connectivity index (χ1v) is 8.13. The average molecular weight is 282 g/mol. The number of rotatable bonds is 3. The number of amides is 1. The lowest BCUT2D eigenvalue weighted by atomic mass is 9.94. The van der Waals surface area contributed by atoms with E-state index in [0.29, 0.717) is 0 Å². The summed E-state index contributed by atoms with van der Waals surface area (Å²) in [6.45, 7) is 2.84. The summed E-state index contributed by atoms with van der Waals surface area (Å²) in [6, 6.07) is -0.112. The molecule has 1 amide bonds. The molecular formula is C11H20ClNO3S. The van der Waals surface area contributed by atoms with Gasteiger partial charge in [0.15, 0.2) is 9.84 Å². The fourth-order valence-electron chi connectivity index (χ4n) is 1.76. The molecule has 0 heterocycles. The second-order valence-corrected chi connectivity index (χ2v) is 8.29. The molecule has 0 saturated heterocycles. The van der Waals surface area contributed by atoms with Crippen molar-refractivity contribution in [2.75, 3.05) is 6.26 Å². The standard InChI is InChI=1S/C11H20ClNO3S/c1-11(2,17(3,15)16)10(14)13-9-7-5-4-6-8(9)12/h8-9H,4-7H2,1-3H3,(H,13,14). The third-order valence-electron chi connectivity index (χ3n) is 3.47. The number of hydrogen-bond acceptors (Lipinski definition) is 3. The third kappa shape index (κ3) is 3.35. The molecule has 1 rings (SSSR count). The highest BCUT2D eigenvalue weighted by Gasteiger charge is 2.40. The lowest BCUT2D eigenvalue weighted by molar-refractivity contribution is -0.123. The summed E-state index contributed by atoms with van der Waals surface area (Å²) in [7, 11) is -3.42. The van der Waals surface area contributed by atoms with Crippen molar-refractivity contribution in [2.24, 2.45) is 0 Å². The molecule has 0 aromatic heterocycles. The number of sulfone groups is 1. The van der Waals surface area contributed by atoms with Gasteiger partial charge in [0, 0.05) is 12.3 Å². The van der Waals surface area contributed by atoms with Gasteiger partial charge in [-0.2, -0.15) is 0 Å². The molecule has 2 atom stereocenters. The fraction of sp³-hybridized carbons (Fsp3) is 0.909. The van der Waals surface area contributed by atoms with Crippen LogP contribution in [0.15, 0.2) is 0 Å². The Morgan fingerprint density at radius 1 is 1.29 bits per heavy atom. The highest BCUT2D eigenvalue weighted by atomic mass is 35.5. The highest BCUT2D eigenvalue weighted by Crippen LogP contribution is 2.24. The zero-order chi connectivity index (χ0) is 13.3. The molecule has 0 aliphatic heterocycles. The van der Waals surface area contributed by atoms with Crippen LogP contribution in [0.25, 0.3) is 0 Å². The van der Waals surface area contributed by atoms with E-state index in [0.717, 1.165) is 31.9 Å². The predicted octanol–water partition coefficient (Wildman–Crippen LogP) is 1.48. The zero-order valence-electron chi connectivity index (χ0n) is 10.5. The van der Waals surface area contributed by atoms with Crippen LogP contribution in [-0.2, 0) is 14.6 Å². The highest BCUT2D eigenvalue weighted by molar-refractivity contribution is 7.92. The van der Waals surface area contributed by atoms with Gasteiger partial charge < -0.3 is 5.32 Å². The predicted molar refractivity (Wildman–Crippen MR) is 69.0 cm³/mol. The number of hydrogen-bond donors (Lipinski definition) is 1. The number of alkyl halides is 1. The van der Waals surface area contributed by atoms with Crippen LogP contribution in [0.3, 0.4) is 0 Å². The molecule has 6 heteroatoms. The van der Waals surface area contributed by atoms with Crippen molar-refractivity contribution in [3.63, 3.8) is 0 Å². The molecule has 0 bridgehead atoms. The van der Waals surface area contributed by atoms with Crippen LogP contribution in [0.4, 0.5) is 0 Å². The van der Waals surface area contributed by atoms with Gasteiger partial charge in [-0.25, -0.2) is 8.42 Å². The average Bonchev–Trinajstić information content (AvgIpc) is 2.19. The molecular weight excluding hydrogens is 262 g/mol. The van der Waals surface area contributed by atoms with Gasteiger partial charge in [0.25, 0.3) is 0 Å². The Labute approximate surface area is 108 Å². The molecule has 1 N–H and O–H groups in total. The Morgan fingerprint density at radius 2 is 1.82 bits per heavy atom. The maximum atomic E-state index is 12.0. The van der Waals surface area contributed by atoms with E-state index in [-0.39, 0.29) is 11.4 Å². The van der Waals surface area contributed by atoms with Crippen molar-refractivity contribution >= 4 is 27.3 Å². The molecule has 0 aromatic rings. The van der Waals surface area contributed by atoms with E-state index in [9.17, 15) is 13.2 Å². The Morgan fingerprint density at radius 3 is 2.29 bits per heavy atom. The van der Waals surface area contributed by atoms with Gasteiger partial charge in [-0.05, 0) is 26.7 Å². The largest absolute Gasteiger partial charge is 0.351 e. The van der Waals surface area contributed by atoms with Crippen LogP contribution < -0.4 is 5.32 Å². The zero-order valence-corrected chi connectivity index (χ0v) is 12.1. The number of carbonyl (C=O) groups excluding carboxylic acids is 1. The molecule has 1 fully saturated rings. The Hall–Kier alpha value is -0.290. The SMILES string of the molecule is CC(C)(C(=O)NC1CCCCC1Cl)S(C)(=O)=O. The van der Waals surface area contributed by atoms with Crippen molar-refractivity contribution in [2.45, 2.75) is 55.7 Å².